The Bertz CT molecular complexity index is 608. The lowest BCUT2D eigenvalue weighted by atomic mass is 9.71. The maximum atomic E-state index is 13.1. The van der Waals surface area contributed by atoms with Crippen LogP contribution in [0.25, 0.3) is 0 Å². The van der Waals surface area contributed by atoms with Gasteiger partial charge in [0.05, 0.1) is 17.4 Å². The normalized spacial score (nSPS) is 21.4. The maximum absolute atomic E-state index is 13.1. The van der Waals surface area contributed by atoms with Gasteiger partial charge in [-0.15, -0.1) is 0 Å². The van der Waals surface area contributed by atoms with Gasteiger partial charge < -0.3 is 9.84 Å². The molecule has 0 amide bonds. The van der Waals surface area contributed by atoms with E-state index in [4.69, 9.17) is 9.73 Å². The van der Waals surface area contributed by atoms with E-state index in [0.29, 0.717) is 29.9 Å². The number of hydrogen-bond acceptors (Lipinski definition) is 4. The van der Waals surface area contributed by atoms with E-state index in [1.54, 1.807) is 0 Å². The fourth-order valence-corrected chi connectivity index (χ4v) is 4.18. The summed E-state index contributed by atoms with van der Waals surface area (Å²) in [6.07, 6.45) is 5.83. The second-order valence-electron chi connectivity index (χ2n) is 10.3. The lowest BCUT2D eigenvalue weighted by molar-refractivity contribution is -0.134. The molecule has 0 bridgehead atoms. The quantitative estimate of drug-likeness (QED) is 0.437. The summed E-state index contributed by atoms with van der Waals surface area (Å²) < 4.78 is 5.99. The summed E-state index contributed by atoms with van der Waals surface area (Å²) in [5.74, 6) is 0.236. The van der Waals surface area contributed by atoms with Crippen molar-refractivity contribution in [3.05, 3.63) is 11.3 Å². The van der Waals surface area contributed by atoms with Gasteiger partial charge in [-0.05, 0) is 65.2 Å². The number of Topliss-reactive ketones (excluding diaryl/α,β-unsaturated/α-hetero) is 1. The van der Waals surface area contributed by atoms with Gasteiger partial charge in [-0.2, -0.15) is 0 Å². The SMILES string of the molecule is CCCCC(=NC(C)(C)CC(C)(C)C)C1(O)C(=O)C(CCCC)=C1OC(C)C. The zero-order valence-electron chi connectivity index (χ0n) is 19.7. The molecular weight excluding hydrogens is 350 g/mol. The van der Waals surface area contributed by atoms with E-state index >= 15 is 0 Å². The van der Waals surface area contributed by atoms with Crippen molar-refractivity contribution in [1.82, 2.24) is 0 Å². The molecule has 0 saturated heterocycles. The topological polar surface area (TPSA) is 58.9 Å². The summed E-state index contributed by atoms with van der Waals surface area (Å²) in [5.41, 5.74) is -0.716. The third-order valence-corrected chi connectivity index (χ3v) is 4.92. The van der Waals surface area contributed by atoms with Gasteiger partial charge >= 0.3 is 0 Å². The molecule has 0 heterocycles. The van der Waals surface area contributed by atoms with Crippen LogP contribution in [0.2, 0.25) is 0 Å². The molecule has 4 nitrogen and oxygen atoms in total. The summed E-state index contributed by atoms with van der Waals surface area (Å²) in [6, 6.07) is 0. The monoisotopic (exact) mass is 393 g/mol. The van der Waals surface area contributed by atoms with Gasteiger partial charge in [-0.3, -0.25) is 9.79 Å². The molecule has 1 aliphatic rings. The van der Waals surface area contributed by atoms with Crippen molar-refractivity contribution >= 4 is 11.5 Å². The number of aliphatic imine (C=N–C) groups is 1. The number of unbranched alkanes of at least 4 members (excludes halogenated alkanes) is 2. The van der Waals surface area contributed by atoms with Crippen LogP contribution in [0.4, 0.5) is 0 Å². The molecule has 1 unspecified atom stereocenters. The van der Waals surface area contributed by atoms with Crippen LogP contribution in [0, 0.1) is 5.41 Å². The number of aliphatic hydroxyl groups is 1. The van der Waals surface area contributed by atoms with Gasteiger partial charge in [0.15, 0.2) is 0 Å². The van der Waals surface area contributed by atoms with Gasteiger partial charge in [0, 0.05) is 5.57 Å². The molecule has 0 aliphatic heterocycles. The van der Waals surface area contributed by atoms with Crippen molar-refractivity contribution < 1.29 is 14.6 Å². The van der Waals surface area contributed by atoms with Crippen LogP contribution in [0.3, 0.4) is 0 Å². The Labute approximate surface area is 172 Å². The highest BCUT2D eigenvalue weighted by Crippen LogP contribution is 2.43. The molecule has 1 aliphatic carbocycles. The van der Waals surface area contributed by atoms with Crippen LogP contribution in [0.5, 0.6) is 0 Å². The van der Waals surface area contributed by atoms with E-state index in [-0.39, 0.29) is 22.8 Å². The van der Waals surface area contributed by atoms with E-state index in [9.17, 15) is 9.90 Å². The Morgan fingerprint density at radius 1 is 1.11 bits per heavy atom. The number of ether oxygens (including phenoxy) is 1. The van der Waals surface area contributed by atoms with Crippen LogP contribution in [-0.4, -0.2) is 33.8 Å². The lowest BCUT2D eigenvalue weighted by Gasteiger charge is -2.42. The predicted octanol–water partition coefficient (Wildman–Crippen LogP) is 6.02. The van der Waals surface area contributed by atoms with Crippen molar-refractivity contribution in [3.8, 4) is 0 Å². The molecule has 0 aromatic heterocycles. The third-order valence-electron chi connectivity index (χ3n) is 4.92. The number of nitrogens with zero attached hydrogens (tertiary/aromatic N) is 1. The zero-order valence-corrected chi connectivity index (χ0v) is 19.7. The second-order valence-corrected chi connectivity index (χ2v) is 10.3. The van der Waals surface area contributed by atoms with E-state index in [0.717, 1.165) is 32.1 Å². The highest BCUT2D eigenvalue weighted by Gasteiger charge is 2.57. The number of hydrogen-bond donors (Lipinski definition) is 1. The Morgan fingerprint density at radius 3 is 2.14 bits per heavy atom. The fraction of sp³-hybridized carbons (Fsp3) is 0.833. The minimum atomic E-state index is -1.68. The highest BCUT2D eigenvalue weighted by molar-refractivity contribution is 6.27. The number of ketones is 1. The van der Waals surface area contributed by atoms with Gasteiger partial charge in [-0.25, -0.2) is 0 Å². The molecule has 0 saturated carbocycles. The van der Waals surface area contributed by atoms with E-state index in [2.05, 4.69) is 48.5 Å². The minimum absolute atomic E-state index is 0.0961. The Kier molecular flexibility index (Phi) is 8.49. The van der Waals surface area contributed by atoms with Gasteiger partial charge in [0.2, 0.25) is 11.4 Å². The van der Waals surface area contributed by atoms with Gasteiger partial charge in [-0.1, -0.05) is 47.5 Å². The molecule has 28 heavy (non-hydrogen) atoms. The molecule has 0 aromatic carbocycles. The molecule has 0 fully saturated rings. The second kappa shape index (κ2) is 9.56. The Hall–Kier alpha value is -1.16. The highest BCUT2D eigenvalue weighted by atomic mass is 16.5. The van der Waals surface area contributed by atoms with E-state index in [1.807, 2.05) is 13.8 Å². The predicted molar refractivity (Wildman–Crippen MR) is 118 cm³/mol. The largest absolute Gasteiger partial charge is 0.491 e. The number of carbonyl (C=O) groups excluding carboxylic acids is 1. The molecular formula is C24H43NO3. The summed E-state index contributed by atoms with van der Waals surface area (Å²) in [5, 5.41) is 11.5. The fourth-order valence-electron chi connectivity index (χ4n) is 4.18. The van der Waals surface area contributed by atoms with Gasteiger partial charge in [0.25, 0.3) is 0 Å². The average molecular weight is 394 g/mol. The first-order chi connectivity index (χ1) is 12.8. The van der Waals surface area contributed by atoms with Crippen molar-refractivity contribution in [1.29, 1.82) is 0 Å². The minimum Gasteiger partial charge on any atom is -0.491 e. The van der Waals surface area contributed by atoms with Crippen LogP contribution >= 0.6 is 0 Å². The van der Waals surface area contributed by atoms with Crippen molar-refractivity contribution in [2.75, 3.05) is 0 Å². The van der Waals surface area contributed by atoms with E-state index < -0.39 is 5.60 Å². The van der Waals surface area contributed by atoms with E-state index in [1.165, 1.54) is 0 Å². The molecule has 1 N–H and O–H groups in total. The summed E-state index contributed by atoms with van der Waals surface area (Å²) in [7, 11) is 0. The van der Waals surface area contributed by atoms with Crippen LogP contribution in [0.1, 0.15) is 107 Å². The molecule has 1 rings (SSSR count). The number of rotatable bonds is 11. The molecule has 0 aromatic rings. The standard InChI is InChI=1S/C24H43NO3/c1-10-12-14-18-20(26)24(27,21(18)28-17(3)4)19(15-13-11-2)25-23(8,9)16-22(5,6)7/h17,27H,10-16H2,1-9H3. The molecule has 1 atom stereocenters. The first-order valence-electron chi connectivity index (χ1n) is 11.0. The summed E-state index contributed by atoms with van der Waals surface area (Å²) in [6.45, 7) is 18.8. The third kappa shape index (κ3) is 6.17. The van der Waals surface area contributed by atoms with Gasteiger partial charge in [0.1, 0.15) is 5.76 Å². The van der Waals surface area contributed by atoms with Crippen molar-refractivity contribution in [3.63, 3.8) is 0 Å². The molecule has 0 spiro atoms. The van der Waals surface area contributed by atoms with Crippen LogP contribution in [-0.2, 0) is 9.53 Å². The lowest BCUT2D eigenvalue weighted by Crippen LogP contribution is -2.58. The van der Waals surface area contributed by atoms with Crippen LogP contribution < -0.4 is 0 Å². The number of carbonyl (C=O) groups is 1. The average Bonchev–Trinajstić information content (AvgIpc) is 2.54. The summed E-state index contributed by atoms with van der Waals surface area (Å²) in [4.78, 5) is 18.1. The summed E-state index contributed by atoms with van der Waals surface area (Å²) >= 11 is 0. The molecule has 4 heteroatoms. The maximum Gasteiger partial charge on any atom is 0.223 e. The zero-order chi connectivity index (χ0) is 21.8. The molecule has 0 radical (unpaired) electrons. The Balaban J connectivity index is 3.39. The van der Waals surface area contributed by atoms with Crippen molar-refractivity contribution in [2.24, 2.45) is 10.4 Å². The smallest absolute Gasteiger partial charge is 0.223 e. The first kappa shape index (κ1) is 24.9. The molecule has 162 valence electrons. The first-order valence-corrected chi connectivity index (χ1v) is 11.0. The Morgan fingerprint density at radius 2 is 1.68 bits per heavy atom. The van der Waals surface area contributed by atoms with Crippen molar-refractivity contribution in [2.45, 2.75) is 125 Å². The van der Waals surface area contributed by atoms with Crippen LogP contribution in [0.15, 0.2) is 16.3 Å².